The van der Waals surface area contributed by atoms with Crippen LogP contribution in [0.5, 0.6) is 0 Å². The topological polar surface area (TPSA) is 66.4 Å². The first kappa shape index (κ1) is 13.5. The van der Waals surface area contributed by atoms with Crippen LogP contribution in [0.15, 0.2) is 16.3 Å². The van der Waals surface area contributed by atoms with Crippen LogP contribution < -0.4 is 4.72 Å². The van der Waals surface area contributed by atoms with Gasteiger partial charge in [-0.2, -0.15) is 0 Å². The molecule has 4 nitrogen and oxygen atoms in total. The second-order valence-electron chi connectivity index (χ2n) is 5.60. The first-order chi connectivity index (χ1) is 9.08. The molecule has 0 radical (unpaired) electrons. The number of hydrogen-bond donors (Lipinski definition) is 2. The lowest BCUT2D eigenvalue weighted by atomic mass is 9.96. The summed E-state index contributed by atoms with van der Waals surface area (Å²) < 4.78 is 27.9. The van der Waals surface area contributed by atoms with Crippen LogP contribution in [-0.2, 0) is 16.4 Å². The summed E-state index contributed by atoms with van der Waals surface area (Å²) >= 11 is 1.26. The molecule has 2 bridgehead atoms. The average Bonchev–Trinajstić information content (AvgIpc) is 3.03. The van der Waals surface area contributed by atoms with E-state index in [0.717, 1.165) is 23.6 Å². The van der Waals surface area contributed by atoms with Crippen LogP contribution in [0, 0.1) is 11.8 Å². The average molecular weight is 301 g/mol. The Bertz CT molecular complexity index is 552. The molecule has 1 aromatic heterocycles. The van der Waals surface area contributed by atoms with E-state index >= 15 is 0 Å². The zero-order valence-corrected chi connectivity index (χ0v) is 12.3. The summed E-state index contributed by atoms with van der Waals surface area (Å²) in [5.74, 6) is 1.27. The Labute approximate surface area is 117 Å². The van der Waals surface area contributed by atoms with Gasteiger partial charge in [-0.1, -0.05) is 6.42 Å². The van der Waals surface area contributed by atoms with E-state index in [1.54, 1.807) is 12.1 Å². The van der Waals surface area contributed by atoms with Gasteiger partial charge in [0.25, 0.3) is 0 Å². The number of nitrogens with one attached hydrogen (secondary N) is 1. The Hall–Kier alpha value is -0.430. The first-order valence-corrected chi connectivity index (χ1v) is 9.10. The lowest BCUT2D eigenvalue weighted by Crippen LogP contribution is -2.38. The Kier molecular flexibility index (Phi) is 3.68. The largest absolute Gasteiger partial charge is 0.396 e. The first-order valence-electron chi connectivity index (χ1n) is 6.80. The number of rotatable bonds is 5. The second kappa shape index (κ2) is 5.16. The van der Waals surface area contributed by atoms with E-state index in [-0.39, 0.29) is 12.6 Å². The summed E-state index contributed by atoms with van der Waals surface area (Å²) in [7, 11) is -3.38. The molecule has 2 aliphatic carbocycles. The lowest BCUT2D eigenvalue weighted by Gasteiger charge is -2.22. The normalized spacial score (nSPS) is 30.1. The molecule has 2 N–H and O–H groups in total. The molecule has 2 saturated carbocycles. The van der Waals surface area contributed by atoms with E-state index < -0.39 is 10.0 Å². The Morgan fingerprint density at radius 1 is 1.32 bits per heavy atom. The van der Waals surface area contributed by atoms with Gasteiger partial charge >= 0.3 is 0 Å². The van der Waals surface area contributed by atoms with Gasteiger partial charge in [-0.25, -0.2) is 13.1 Å². The minimum absolute atomic E-state index is 0.0554. The maximum absolute atomic E-state index is 12.3. The zero-order chi connectivity index (χ0) is 13.5. The molecule has 106 valence electrons. The van der Waals surface area contributed by atoms with E-state index in [1.165, 1.54) is 24.2 Å². The highest BCUT2D eigenvalue weighted by molar-refractivity contribution is 7.91. The number of sulfonamides is 1. The van der Waals surface area contributed by atoms with Gasteiger partial charge in [0.1, 0.15) is 4.21 Å². The summed E-state index contributed by atoms with van der Waals surface area (Å²) in [6.07, 6.45) is 5.14. The molecule has 0 saturated heterocycles. The molecule has 19 heavy (non-hydrogen) atoms. The fourth-order valence-electron chi connectivity index (χ4n) is 3.39. The van der Waals surface area contributed by atoms with Gasteiger partial charge in [0.2, 0.25) is 10.0 Å². The minimum atomic E-state index is -3.38. The predicted octanol–water partition coefficient (Wildman–Crippen LogP) is 1.75. The van der Waals surface area contributed by atoms with Crippen molar-refractivity contribution < 1.29 is 13.5 Å². The highest BCUT2D eigenvalue weighted by Gasteiger charge is 2.41. The SMILES string of the molecule is O=S(=O)(NC1CC2CCC1C2)c1ccc(CCO)s1. The molecule has 0 aliphatic heterocycles. The quantitative estimate of drug-likeness (QED) is 0.871. The van der Waals surface area contributed by atoms with E-state index in [9.17, 15) is 8.42 Å². The monoisotopic (exact) mass is 301 g/mol. The third-order valence-electron chi connectivity index (χ3n) is 4.30. The third-order valence-corrected chi connectivity index (χ3v) is 7.43. The Balaban J connectivity index is 1.71. The molecule has 3 rings (SSSR count). The van der Waals surface area contributed by atoms with Crippen LogP contribution in [0.1, 0.15) is 30.6 Å². The highest BCUT2D eigenvalue weighted by atomic mass is 32.2. The summed E-state index contributed by atoms with van der Waals surface area (Å²) in [6.45, 7) is 0.0554. The summed E-state index contributed by atoms with van der Waals surface area (Å²) in [6, 6.07) is 3.56. The van der Waals surface area contributed by atoms with E-state index in [0.29, 0.717) is 16.5 Å². The van der Waals surface area contributed by atoms with Gasteiger partial charge in [0.15, 0.2) is 0 Å². The summed E-state index contributed by atoms with van der Waals surface area (Å²) in [4.78, 5) is 0.913. The zero-order valence-electron chi connectivity index (χ0n) is 10.7. The number of aliphatic hydroxyl groups is 1. The van der Waals surface area contributed by atoms with Crippen molar-refractivity contribution in [3.05, 3.63) is 17.0 Å². The molecule has 0 aromatic carbocycles. The highest BCUT2D eigenvalue weighted by Crippen LogP contribution is 2.44. The van der Waals surface area contributed by atoms with E-state index in [2.05, 4.69) is 4.72 Å². The van der Waals surface area contributed by atoms with Crippen molar-refractivity contribution in [2.24, 2.45) is 11.8 Å². The molecule has 0 spiro atoms. The maximum Gasteiger partial charge on any atom is 0.250 e. The van der Waals surface area contributed by atoms with Crippen molar-refractivity contribution in [3.63, 3.8) is 0 Å². The molecule has 1 heterocycles. The number of fused-ring (bicyclic) bond motifs is 2. The Morgan fingerprint density at radius 2 is 2.16 bits per heavy atom. The van der Waals surface area contributed by atoms with Crippen LogP contribution in [0.4, 0.5) is 0 Å². The minimum Gasteiger partial charge on any atom is -0.396 e. The van der Waals surface area contributed by atoms with Crippen molar-refractivity contribution >= 4 is 21.4 Å². The third kappa shape index (κ3) is 2.72. The standard InChI is InChI=1S/C13H19NO3S2/c15-6-5-11-3-4-13(18-11)19(16,17)14-12-8-9-1-2-10(12)7-9/h3-4,9-10,12,14-15H,1-2,5-8H2. The Morgan fingerprint density at radius 3 is 2.79 bits per heavy atom. The van der Waals surface area contributed by atoms with Crippen molar-refractivity contribution in [3.8, 4) is 0 Å². The predicted molar refractivity (Wildman–Crippen MR) is 74.7 cm³/mol. The van der Waals surface area contributed by atoms with Crippen molar-refractivity contribution in [2.75, 3.05) is 6.61 Å². The van der Waals surface area contributed by atoms with Crippen LogP contribution in [0.2, 0.25) is 0 Å². The van der Waals surface area contributed by atoms with Gasteiger partial charge in [0, 0.05) is 23.9 Å². The number of hydrogen-bond acceptors (Lipinski definition) is 4. The second-order valence-corrected chi connectivity index (χ2v) is 8.71. The van der Waals surface area contributed by atoms with Gasteiger partial charge in [-0.3, -0.25) is 0 Å². The van der Waals surface area contributed by atoms with Crippen LogP contribution in [0.3, 0.4) is 0 Å². The molecular formula is C13H19NO3S2. The van der Waals surface area contributed by atoms with E-state index in [1.807, 2.05) is 0 Å². The van der Waals surface area contributed by atoms with Crippen LogP contribution in [0.25, 0.3) is 0 Å². The van der Waals surface area contributed by atoms with Gasteiger partial charge < -0.3 is 5.11 Å². The molecule has 6 heteroatoms. The van der Waals surface area contributed by atoms with Crippen LogP contribution >= 0.6 is 11.3 Å². The lowest BCUT2D eigenvalue weighted by molar-refractivity contribution is 0.300. The molecule has 3 atom stereocenters. The molecule has 2 fully saturated rings. The van der Waals surface area contributed by atoms with Crippen molar-refractivity contribution in [1.82, 2.24) is 4.72 Å². The van der Waals surface area contributed by atoms with Gasteiger partial charge in [-0.05, 0) is 43.2 Å². The molecular weight excluding hydrogens is 282 g/mol. The van der Waals surface area contributed by atoms with Crippen molar-refractivity contribution in [1.29, 1.82) is 0 Å². The van der Waals surface area contributed by atoms with Crippen molar-refractivity contribution in [2.45, 2.75) is 42.4 Å². The van der Waals surface area contributed by atoms with Gasteiger partial charge in [-0.15, -0.1) is 11.3 Å². The summed E-state index contributed by atoms with van der Waals surface area (Å²) in [5, 5.41) is 8.87. The summed E-state index contributed by atoms with van der Waals surface area (Å²) in [5.41, 5.74) is 0. The van der Waals surface area contributed by atoms with Crippen LogP contribution in [-0.4, -0.2) is 26.2 Å². The van der Waals surface area contributed by atoms with Gasteiger partial charge in [0.05, 0.1) is 0 Å². The van der Waals surface area contributed by atoms with E-state index in [4.69, 9.17) is 5.11 Å². The number of thiophene rings is 1. The molecule has 1 aromatic rings. The smallest absolute Gasteiger partial charge is 0.250 e. The maximum atomic E-state index is 12.3. The number of aliphatic hydroxyl groups excluding tert-OH is 1. The fourth-order valence-corrected chi connectivity index (χ4v) is 6.07. The molecule has 3 unspecified atom stereocenters. The fraction of sp³-hybridized carbons (Fsp3) is 0.692. The molecule has 2 aliphatic rings. The molecule has 0 amide bonds.